The Labute approximate surface area is 108 Å². The third-order valence-corrected chi connectivity index (χ3v) is 2.45. The fraction of sp³-hybridized carbons (Fsp3) is 0.636. The van der Waals surface area contributed by atoms with Gasteiger partial charge in [-0.15, -0.1) is 12.4 Å². The van der Waals surface area contributed by atoms with Crippen LogP contribution in [0.25, 0.3) is 0 Å². The first-order chi connectivity index (χ1) is 7.60. The van der Waals surface area contributed by atoms with Crippen molar-refractivity contribution in [1.29, 1.82) is 0 Å². The quantitative estimate of drug-likeness (QED) is 0.850. The summed E-state index contributed by atoms with van der Waals surface area (Å²) in [6.07, 6.45) is 2.28. The molecule has 0 aliphatic rings. The number of hydrogen-bond acceptors (Lipinski definition) is 4. The molecule has 0 spiro atoms. The van der Waals surface area contributed by atoms with Crippen molar-refractivity contribution in [3.8, 4) is 0 Å². The molecule has 1 rings (SSSR count). The van der Waals surface area contributed by atoms with E-state index < -0.39 is 6.04 Å². The molecule has 0 radical (unpaired) electrons. The molecule has 0 saturated carbocycles. The summed E-state index contributed by atoms with van der Waals surface area (Å²) in [4.78, 5) is 11.7. The van der Waals surface area contributed by atoms with Gasteiger partial charge in [0.1, 0.15) is 11.4 Å². The summed E-state index contributed by atoms with van der Waals surface area (Å²) in [6.45, 7) is 5.72. The van der Waals surface area contributed by atoms with Crippen LogP contribution in [0.4, 0.5) is 5.69 Å². The van der Waals surface area contributed by atoms with E-state index >= 15 is 0 Å². The van der Waals surface area contributed by atoms with E-state index in [0.717, 1.165) is 18.5 Å². The minimum Gasteiger partial charge on any atom is -0.359 e. The Morgan fingerprint density at radius 1 is 1.53 bits per heavy atom. The van der Waals surface area contributed by atoms with Gasteiger partial charge in [0, 0.05) is 0 Å². The lowest BCUT2D eigenvalue weighted by atomic mass is 10.1. The largest absolute Gasteiger partial charge is 0.359 e. The van der Waals surface area contributed by atoms with E-state index in [4.69, 9.17) is 10.3 Å². The lowest BCUT2D eigenvalue weighted by Crippen LogP contribution is -2.35. The van der Waals surface area contributed by atoms with Crippen molar-refractivity contribution < 1.29 is 9.32 Å². The Hall–Kier alpha value is -1.07. The standard InChI is InChI=1S/C11H19N3O2.ClH/c1-4-6-8(12)11(15)13-10-7(3)16-14-9(10)5-2;/h8H,4-6,12H2,1-3H3,(H,13,15);1H. The number of anilines is 1. The second kappa shape index (κ2) is 7.29. The van der Waals surface area contributed by atoms with Crippen LogP contribution >= 0.6 is 12.4 Å². The molecule has 17 heavy (non-hydrogen) atoms. The van der Waals surface area contributed by atoms with Crippen LogP contribution in [-0.4, -0.2) is 17.1 Å². The van der Waals surface area contributed by atoms with E-state index in [0.29, 0.717) is 17.9 Å². The summed E-state index contributed by atoms with van der Waals surface area (Å²) in [5, 5.41) is 6.64. The number of amides is 1. The number of carbonyl (C=O) groups excluding carboxylic acids is 1. The van der Waals surface area contributed by atoms with Crippen LogP contribution in [0.2, 0.25) is 0 Å². The highest BCUT2D eigenvalue weighted by atomic mass is 35.5. The summed E-state index contributed by atoms with van der Waals surface area (Å²) in [6, 6.07) is -0.469. The predicted molar refractivity (Wildman–Crippen MR) is 69.4 cm³/mol. The van der Waals surface area contributed by atoms with Crippen molar-refractivity contribution >= 4 is 24.0 Å². The van der Waals surface area contributed by atoms with E-state index in [2.05, 4.69) is 10.5 Å². The summed E-state index contributed by atoms with van der Waals surface area (Å²) in [7, 11) is 0. The molecule has 6 heteroatoms. The van der Waals surface area contributed by atoms with E-state index in [-0.39, 0.29) is 18.3 Å². The molecule has 1 aromatic rings. The topological polar surface area (TPSA) is 81.2 Å². The zero-order valence-electron chi connectivity index (χ0n) is 10.4. The SMILES string of the molecule is CCCC(N)C(=O)Nc1c(CC)noc1C.Cl. The van der Waals surface area contributed by atoms with Gasteiger partial charge in [0.05, 0.1) is 6.04 Å². The van der Waals surface area contributed by atoms with Gasteiger partial charge in [0.2, 0.25) is 5.91 Å². The third-order valence-electron chi connectivity index (χ3n) is 2.45. The maximum Gasteiger partial charge on any atom is 0.241 e. The third kappa shape index (κ3) is 4.02. The van der Waals surface area contributed by atoms with Gasteiger partial charge < -0.3 is 15.6 Å². The van der Waals surface area contributed by atoms with Crippen molar-refractivity contribution in [2.75, 3.05) is 5.32 Å². The highest BCUT2D eigenvalue weighted by molar-refractivity contribution is 5.95. The van der Waals surface area contributed by atoms with Crippen LogP contribution in [0.3, 0.4) is 0 Å². The maximum absolute atomic E-state index is 11.7. The minimum absolute atomic E-state index is 0. The molecule has 0 saturated heterocycles. The number of nitrogens with two attached hydrogens (primary N) is 1. The molecule has 1 unspecified atom stereocenters. The number of nitrogens with zero attached hydrogens (tertiary/aromatic N) is 1. The number of hydrogen-bond donors (Lipinski definition) is 2. The van der Waals surface area contributed by atoms with Crippen molar-refractivity contribution in [3.63, 3.8) is 0 Å². The zero-order chi connectivity index (χ0) is 12.1. The van der Waals surface area contributed by atoms with E-state index in [1.807, 2.05) is 13.8 Å². The second-order valence-corrected chi connectivity index (χ2v) is 3.80. The molecule has 1 heterocycles. The average Bonchev–Trinajstić information content (AvgIpc) is 2.60. The molecule has 98 valence electrons. The summed E-state index contributed by atoms with van der Waals surface area (Å²) in [5.41, 5.74) is 7.15. The molecule has 0 bridgehead atoms. The van der Waals surface area contributed by atoms with Gasteiger partial charge in [-0.1, -0.05) is 25.4 Å². The Bertz CT molecular complexity index is 366. The number of aryl methyl sites for hydroxylation is 2. The molecule has 5 nitrogen and oxygen atoms in total. The van der Waals surface area contributed by atoms with Gasteiger partial charge >= 0.3 is 0 Å². The molecule has 1 aromatic heterocycles. The number of aromatic nitrogens is 1. The van der Waals surface area contributed by atoms with Crippen molar-refractivity contribution in [2.45, 2.75) is 46.1 Å². The summed E-state index contributed by atoms with van der Waals surface area (Å²) in [5.74, 6) is 0.441. The van der Waals surface area contributed by atoms with Gasteiger partial charge in [0.25, 0.3) is 0 Å². The zero-order valence-corrected chi connectivity index (χ0v) is 11.3. The normalized spacial score (nSPS) is 11.8. The molecular weight excluding hydrogens is 242 g/mol. The second-order valence-electron chi connectivity index (χ2n) is 3.80. The predicted octanol–water partition coefficient (Wildman–Crippen LogP) is 2.03. The van der Waals surface area contributed by atoms with Crippen LogP contribution in [0, 0.1) is 6.92 Å². The Balaban J connectivity index is 0.00000256. The fourth-order valence-corrected chi connectivity index (χ4v) is 1.48. The lowest BCUT2D eigenvalue weighted by molar-refractivity contribution is -0.117. The van der Waals surface area contributed by atoms with Crippen LogP contribution in [0.1, 0.15) is 38.1 Å². The van der Waals surface area contributed by atoms with Gasteiger partial charge in [0.15, 0.2) is 5.76 Å². The van der Waals surface area contributed by atoms with Crippen LogP contribution < -0.4 is 11.1 Å². The Morgan fingerprint density at radius 3 is 2.71 bits per heavy atom. The smallest absolute Gasteiger partial charge is 0.241 e. The highest BCUT2D eigenvalue weighted by Gasteiger charge is 2.18. The molecule has 0 fully saturated rings. The maximum atomic E-state index is 11.7. The molecule has 0 aliphatic carbocycles. The number of nitrogens with one attached hydrogen (secondary N) is 1. The fourth-order valence-electron chi connectivity index (χ4n) is 1.48. The Kier molecular flexibility index (Phi) is 6.83. The molecule has 3 N–H and O–H groups in total. The van der Waals surface area contributed by atoms with Gasteiger partial charge in [-0.05, 0) is 19.8 Å². The number of rotatable bonds is 5. The summed E-state index contributed by atoms with van der Waals surface area (Å²) >= 11 is 0. The van der Waals surface area contributed by atoms with E-state index in [1.165, 1.54) is 0 Å². The van der Waals surface area contributed by atoms with Crippen molar-refractivity contribution in [3.05, 3.63) is 11.5 Å². The highest BCUT2D eigenvalue weighted by Crippen LogP contribution is 2.20. The molecular formula is C11H20ClN3O2. The van der Waals surface area contributed by atoms with Gasteiger partial charge in [-0.2, -0.15) is 0 Å². The van der Waals surface area contributed by atoms with Crippen LogP contribution in [0.5, 0.6) is 0 Å². The molecule has 1 atom stereocenters. The Morgan fingerprint density at radius 2 is 2.18 bits per heavy atom. The van der Waals surface area contributed by atoms with Crippen LogP contribution in [0.15, 0.2) is 4.52 Å². The van der Waals surface area contributed by atoms with Crippen molar-refractivity contribution in [1.82, 2.24) is 5.16 Å². The minimum atomic E-state index is -0.469. The molecule has 0 aliphatic heterocycles. The van der Waals surface area contributed by atoms with E-state index in [1.54, 1.807) is 6.92 Å². The summed E-state index contributed by atoms with van der Waals surface area (Å²) < 4.78 is 5.02. The van der Waals surface area contributed by atoms with Crippen LogP contribution in [-0.2, 0) is 11.2 Å². The molecule has 1 amide bonds. The lowest BCUT2D eigenvalue weighted by Gasteiger charge is -2.10. The number of halogens is 1. The number of carbonyl (C=O) groups is 1. The van der Waals surface area contributed by atoms with Crippen molar-refractivity contribution in [2.24, 2.45) is 5.73 Å². The molecule has 0 aromatic carbocycles. The first-order valence-corrected chi connectivity index (χ1v) is 5.61. The first-order valence-electron chi connectivity index (χ1n) is 5.61. The monoisotopic (exact) mass is 261 g/mol. The first kappa shape index (κ1) is 15.9. The van der Waals surface area contributed by atoms with E-state index in [9.17, 15) is 4.79 Å². The average molecular weight is 262 g/mol. The van der Waals surface area contributed by atoms with Gasteiger partial charge in [-0.3, -0.25) is 4.79 Å². The van der Waals surface area contributed by atoms with Gasteiger partial charge in [-0.25, -0.2) is 0 Å².